The summed E-state index contributed by atoms with van der Waals surface area (Å²) in [5.74, 6) is 0.577. The van der Waals surface area contributed by atoms with E-state index in [1.807, 2.05) is 43.3 Å². The van der Waals surface area contributed by atoms with Crippen molar-refractivity contribution in [3.05, 3.63) is 65.7 Å². The van der Waals surface area contributed by atoms with Crippen LogP contribution in [0.2, 0.25) is 5.02 Å². The number of nitrogens with zero attached hydrogens (tertiary/aromatic N) is 3. The van der Waals surface area contributed by atoms with Gasteiger partial charge in [0.2, 0.25) is 0 Å². The first-order valence-electron chi connectivity index (χ1n) is 6.49. The quantitative estimate of drug-likeness (QED) is 0.785. The van der Waals surface area contributed by atoms with Crippen LogP contribution in [-0.4, -0.2) is 15.0 Å². The first kappa shape index (κ1) is 13.5. The van der Waals surface area contributed by atoms with Gasteiger partial charge in [0.25, 0.3) is 0 Å². The third-order valence-electron chi connectivity index (χ3n) is 3.11. The highest BCUT2D eigenvalue weighted by Gasteiger charge is 2.10. The molecule has 0 saturated carbocycles. The number of anilines is 2. The second-order valence-corrected chi connectivity index (χ2v) is 4.97. The van der Waals surface area contributed by atoms with Crippen LogP contribution < -0.4 is 5.32 Å². The Hall–Kier alpha value is -2.46. The summed E-state index contributed by atoms with van der Waals surface area (Å²) in [6, 6.07) is 11.9. The van der Waals surface area contributed by atoms with Crippen LogP contribution in [0.5, 0.6) is 0 Å². The standard InChI is InChI=1S/C16H13ClN4/c1-11-5-4-8-19-15(11)12-6-2-3-7-14(12)21-16-13(17)9-18-10-20-16/h2-10H,1H3,(H,18,20,21). The molecule has 0 aliphatic rings. The number of hydrogen-bond donors (Lipinski definition) is 1. The lowest BCUT2D eigenvalue weighted by Gasteiger charge is -2.13. The van der Waals surface area contributed by atoms with Crippen LogP contribution >= 0.6 is 11.6 Å². The van der Waals surface area contributed by atoms with Gasteiger partial charge in [0, 0.05) is 17.4 Å². The molecule has 0 radical (unpaired) electrons. The molecule has 104 valence electrons. The summed E-state index contributed by atoms with van der Waals surface area (Å²) in [6.07, 6.45) is 4.81. The van der Waals surface area contributed by atoms with Crippen molar-refractivity contribution in [2.75, 3.05) is 5.32 Å². The van der Waals surface area contributed by atoms with Gasteiger partial charge < -0.3 is 5.32 Å². The predicted octanol–water partition coefficient (Wildman–Crippen LogP) is 4.24. The number of aryl methyl sites for hydroxylation is 1. The Morgan fingerprint density at radius 3 is 2.71 bits per heavy atom. The van der Waals surface area contributed by atoms with Crippen molar-refractivity contribution < 1.29 is 0 Å². The molecule has 0 amide bonds. The van der Waals surface area contributed by atoms with Crippen molar-refractivity contribution >= 4 is 23.1 Å². The first-order valence-corrected chi connectivity index (χ1v) is 6.87. The molecule has 0 aliphatic heterocycles. The monoisotopic (exact) mass is 296 g/mol. The number of benzene rings is 1. The highest BCUT2D eigenvalue weighted by molar-refractivity contribution is 6.32. The predicted molar refractivity (Wildman–Crippen MR) is 84.7 cm³/mol. The molecule has 5 heteroatoms. The second kappa shape index (κ2) is 5.89. The van der Waals surface area contributed by atoms with Crippen molar-refractivity contribution in [2.45, 2.75) is 6.92 Å². The summed E-state index contributed by atoms with van der Waals surface area (Å²) in [5, 5.41) is 3.72. The van der Waals surface area contributed by atoms with Gasteiger partial charge in [-0.05, 0) is 24.6 Å². The van der Waals surface area contributed by atoms with Crippen LogP contribution in [0, 0.1) is 6.92 Å². The zero-order valence-corrected chi connectivity index (χ0v) is 12.2. The topological polar surface area (TPSA) is 50.7 Å². The van der Waals surface area contributed by atoms with Gasteiger partial charge in [-0.2, -0.15) is 0 Å². The summed E-state index contributed by atoms with van der Waals surface area (Å²) < 4.78 is 0. The Morgan fingerprint density at radius 2 is 1.90 bits per heavy atom. The molecule has 0 atom stereocenters. The average Bonchev–Trinajstić information content (AvgIpc) is 2.51. The number of rotatable bonds is 3. The van der Waals surface area contributed by atoms with E-state index in [1.165, 1.54) is 6.33 Å². The molecule has 1 aromatic carbocycles. The fourth-order valence-corrected chi connectivity index (χ4v) is 2.25. The minimum Gasteiger partial charge on any atom is -0.338 e. The lowest BCUT2D eigenvalue weighted by atomic mass is 10.0. The molecule has 3 aromatic rings. The number of hydrogen-bond acceptors (Lipinski definition) is 4. The maximum atomic E-state index is 6.10. The number of halogens is 1. The Balaban J connectivity index is 2.05. The van der Waals surface area contributed by atoms with Crippen LogP contribution in [0.15, 0.2) is 55.1 Å². The molecule has 2 heterocycles. The Bertz CT molecular complexity index is 773. The fourth-order valence-electron chi connectivity index (χ4n) is 2.10. The Kier molecular flexibility index (Phi) is 3.79. The highest BCUT2D eigenvalue weighted by atomic mass is 35.5. The van der Waals surface area contributed by atoms with Crippen LogP contribution in [0.1, 0.15) is 5.56 Å². The largest absolute Gasteiger partial charge is 0.338 e. The molecule has 0 fully saturated rings. The minimum absolute atomic E-state index is 0.477. The molecule has 0 bridgehead atoms. The van der Waals surface area contributed by atoms with Gasteiger partial charge in [-0.3, -0.25) is 4.98 Å². The van der Waals surface area contributed by atoms with Crippen molar-refractivity contribution in [3.63, 3.8) is 0 Å². The number of pyridine rings is 1. The van der Waals surface area contributed by atoms with Gasteiger partial charge in [0.05, 0.1) is 11.9 Å². The fraction of sp³-hybridized carbons (Fsp3) is 0.0625. The maximum absolute atomic E-state index is 6.10. The van der Waals surface area contributed by atoms with E-state index in [4.69, 9.17) is 11.6 Å². The summed E-state index contributed by atoms with van der Waals surface area (Å²) in [4.78, 5) is 12.5. The molecule has 4 nitrogen and oxygen atoms in total. The molecule has 21 heavy (non-hydrogen) atoms. The molecule has 0 saturated heterocycles. The van der Waals surface area contributed by atoms with Crippen LogP contribution in [0.3, 0.4) is 0 Å². The van der Waals surface area contributed by atoms with Gasteiger partial charge in [0.15, 0.2) is 5.82 Å². The molecular formula is C16H13ClN4. The SMILES string of the molecule is Cc1cccnc1-c1ccccc1Nc1ncncc1Cl. The molecule has 2 aromatic heterocycles. The zero-order chi connectivity index (χ0) is 14.7. The molecule has 0 aliphatic carbocycles. The number of aromatic nitrogens is 3. The summed E-state index contributed by atoms with van der Waals surface area (Å²) in [5.41, 5.74) is 3.96. The lowest BCUT2D eigenvalue weighted by molar-refractivity contribution is 1.17. The zero-order valence-electron chi connectivity index (χ0n) is 11.4. The number of para-hydroxylation sites is 1. The van der Waals surface area contributed by atoms with Gasteiger partial charge in [-0.15, -0.1) is 0 Å². The second-order valence-electron chi connectivity index (χ2n) is 4.56. The van der Waals surface area contributed by atoms with E-state index in [9.17, 15) is 0 Å². The molecular weight excluding hydrogens is 284 g/mol. The third-order valence-corrected chi connectivity index (χ3v) is 3.39. The Labute approximate surface area is 127 Å². The molecule has 0 unspecified atom stereocenters. The van der Waals surface area contributed by atoms with E-state index in [1.54, 1.807) is 12.4 Å². The van der Waals surface area contributed by atoms with Crippen LogP contribution in [-0.2, 0) is 0 Å². The molecule has 1 N–H and O–H groups in total. The first-order chi connectivity index (χ1) is 10.3. The third kappa shape index (κ3) is 2.85. The summed E-state index contributed by atoms with van der Waals surface area (Å²) >= 11 is 6.10. The number of nitrogens with one attached hydrogen (secondary N) is 1. The normalized spacial score (nSPS) is 10.4. The van der Waals surface area contributed by atoms with Crippen molar-refractivity contribution in [3.8, 4) is 11.3 Å². The van der Waals surface area contributed by atoms with Gasteiger partial charge in [0.1, 0.15) is 11.3 Å². The maximum Gasteiger partial charge on any atom is 0.152 e. The van der Waals surface area contributed by atoms with Gasteiger partial charge >= 0.3 is 0 Å². The highest BCUT2D eigenvalue weighted by Crippen LogP contribution is 2.31. The van der Waals surface area contributed by atoms with Crippen molar-refractivity contribution in [1.82, 2.24) is 15.0 Å². The summed E-state index contributed by atoms with van der Waals surface area (Å²) in [7, 11) is 0. The smallest absolute Gasteiger partial charge is 0.152 e. The van der Waals surface area contributed by atoms with E-state index in [0.717, 1.165) is 22.5 Å². The van der Waals surface area contributed by atoms with E-state index in [0.29, 0.717) is 10.8 Å². The van der Waals surface area contributed by atoms with Crippen molar-refractivity contribution in [1.29, 1.82) is 0 Å². The summed E-state index contributed by atoms with van der Waals surface area (Å²) in [6.45, 7) is 2.04. The van der Waals surface area contributed by atoms with Gasteiger partial charge in [-0.1, -0.05) is 35.9 Å². The van der Waals surface area contributed by atoms with Crippen LogP contribution in [0.4, 0.5) is 11.5 Å². The van der Waals surface area contributed by atoms with E-state index in [-0.39, 0.29) is 0 Å². The minimum atomic E-state index is 0.477. The van der Waals surface area contributed by atoms with E-state index >= 15 is 0 Å². The van der Waals surface area contributed by atoms with E-state index < -0.39 is 0 Å². The molecule has 3 rings (SSSR count). The Morgan fingerprint density at radius 1 is 1.05 bits per heavy atom. The average molecular weight is 297 g/mol. The lowest BCUT2D eigenvalue weighted by Crippen LogP contribution is -1.98. The van der Waals surface area contributed by atoms with Crippen molar-refractivity contribution in [2.24, 2.45) is 0 Å². The van der Waals surface area contributed by atoms with E-state index in [2.05, 4.69) is 20.3 Å². The molecule has 0 spiro atoms. The van der Waals surface area contributed by atoms with Crippen LogP contribution in [0.25, 0.3) is 11.3 Å². The van der Waals surface area contributed by atoms with Gasteiger partial charge in [-0.25, -0.2) is 9.97 Å².